The van der Waals surface area contributed by atoms with Crippen LogP contribution in [0.4, 0.5) is 0 Å². The Morgan fingerprint density at radius 2 is 1.58 bits per heavy atom. The van der Waals surface area contributed by atoms with Gasteiger partial charge in [0.1, 0.15) is 0 Å². The number of benzene rings is 2. The van der Waals surface area contributed by atoms with Crippen molar-refractivity contribution in [2.45, 2.75) is 38.0 Å². The van der Waals surface area contributed by atoms with E-state index in [9.17, 15) is 14.7 Å². The molecule has 0 bridgehead atoms. The molecule has 2 aromatic carbocycles. The van der Waals surface area contributed by atoms with Crippen LogP contribution in [0.1, 0.15) is 69.9 Å². The van der Waals surface area contributed by atoms with Crippen LogP contribution in [-0.4, -0.2) is 11.8 Å². The van der Waals surface area contributed by atoms with Gasteiger partial charge < -0.3 is 9.90 Å². The van der Waals surface area contributed by atoms with Crippen molar-refractivity contribution >= 4 is 17.8 Å². The topological polar surface area (TPSA) is 57.2 Å². The zero-order valence-electron chi connectivity index (χ0n) is 15.1. The van der Waals surface area contributed by atoms with E-state index in [0.717, 1.165) is 0 Å². The van der Waals surface area contributed by atoms with Gasteiger partial charge in [-0.15, -0.1) is 0 Å². The molecule has 0 aliphatic heterocycles. The molecule has 0 radical (unpaired) electrons. The van der Waals surface area contributed by atoms with Crippen LogP contribution in [0.2, 0.25) is 0 Å². The summed E-state index contributed by atoms with van der Waals surface area (Å²) < 4.78 is 0. The molecule has 0 spiro atoms. The molecule has 26 heavy (non-hydrogen) atoms. The molecule has 1 aliphatic carbocycles. The Morgan fingerprint density at radius 1 is 0.923 bits per heavy atom. The molecular weight excluding hydrogens is 335 g/mol. The Balaban J connectivity index is 0.00000243. The van der Waals surface area contributed by atoms with Gasteiger partial charge >= 0.3 is 29.6 Å². The summed E-state index contributed by atoms with van der Waals surface area (Å²) >= 11 is 0. The van der Waals surface area contributed by atoms with Gasteiger partial charge in [-0.3, -0.25) is 4.79 Å². The first-order chi connectivity index (χ1) is 12.1. The summed E-state index contributed by atoms with van der Waals surface area (Å²) in [7, 11) is 0. The maximum atomic E-state index is 12.3. The number of carbonyl (C=O) groups excluding carboxylic acids is 2. The first-order valence-corrected chi connectivity index (χ1v) is 8.78. The number of carboxylic acids is 1. The fourth-order valence-electron chi connectivity index (χ4n) is 3.45. The molecular formula is C22H21NaO3. The summed E-state index contributed by atoms with van der Waals surface area (Å²) in [5, 5.41) is 11.1. The Labute approximate surface area is 176 Å². The number of allylic oxidation sites excluding steroid dienone is 1. The molecule has 0 N–H and O–H groups in total. The van der Waals surface area contributed by atoms with E-state index in [4.69, 9.17) is 0 Å². The summed E-state index contributed by atoms with van der Waals surface area (Å²) in [5.41, 5.74) is 2.47. The van der Waals surface area contributed by atoms with Gasteiger partial charge in [-0.2, -0.15) is 0 Å². The molecule has 4 heteroatoms. The minimum Gasteiger partial charge on any atom is -0.545 e. The number of rotatable bonds is 5. The number of ketones is 1. The SMILES string of the molecule is O=C(C=Cc1ccccc1C(=O)[O-])c1ccc(C2CCCCC2)cc1.[Na+]. The first kappa shape index (κ1) is 20.6. The van der Waals surface area contributed by atoms with Gasteiger partial charge in [0.05, 0.1) is 5.97 Å². The number of hydrogen-bond donors (Lipinski definition) is 0. The van der Waals surface area contributed by atoms with E-state index >= 15 is 0 Å². The Bertz CT molecular complexity index is 787. The molecule has 1 fully saturated rings. The smallest absolute Gasteiger partial charge is 0.545 e. The van der Waals surface area contributed by atoms with Crippen molar-refractivity contribution in [3.05, 3.63) is 76.9 Å². The van der Waals surface area contributed by atoms with Gasteiger partial charge in [0.25, 0.3) is 0 Å². The van der Waals surface area contributed by atoms with Crippen LogP contribution in [-0.2, 0) is 0 Å². The summed E-state index contributed by atoms with van der Waals surface area (Å²) in [5.74, 6) is -0.767. The number of carboxylic acid groups (broad SMARTS) is 1. The van der Waals surface area contributed by atoms with E-state index in [1.54, 1.807) is 18.2 Å². The second-order valence-electron chi connectivity index (χ2n) is 6.53. The van der Waals surface area contributed by atoms with Crippen molar-refractivity contribution in [3.63, 3.8) is 0 Å². The van der Waals surface area contributed by atoms with Crippen molar-refractivity contribution in [2.75, 3.05) is 0 Å². The fourth-order valence-corrected chi connectivity index (χ4v) is 3.45. The van der Waals surface area contributed by atoms with Gasteiger partial charge in [0.15, 0.2) is 5.78 Å². The minimum absolute atomic E-state index is 0. The molecule has 0 atom stereocenters. The molecule has 128 valence electrons. The van der Waals surface area contributed by atoms with Gasteiger partial charge in [-0.25, -0.2) is 0 Å². The molecule has 1 saturated carbocycles. The van der Waals surface area contributed by atoms with Crippen molar-refractivity contribution in [1.82, 2.24) is 0 Å². The van der Waals surface area contributed by atoms with Crippen LogP contribution in [0.25, 0.3) is 6.08 Å². The maximum absolute atomic E-state index is 12.3. The molecule has 0 unspecified atom stereocenters. The van der Waals surface area contributed by atoms with Gasteiger partial charge in [-0.1, -0.05) is 73.9 Å². The van der Waals surface area contributed by atoms with Crippen molar-refractivity contribution in [3.8, 4) is 0 Å². The molecule has 0 saturated heterocycles. The molecule has 1 aliphatic rings. The molecule has 2 aromatic rings. The standard InChI is InChI=1S/C22H22O3.Na/c23-21(15-14-18-8-4-5-9-20(18)22(24)25)19-12-10-17(11-13-19)16-6-2-1-3-7-16;/h4-5,8-16H,1-3,6-7H2,(H,24,25);/q;+1/p-1. The van der Waals surface area contributed by atoms with Crippen LogP contribution in [0.15, 0.2) is 54.6 Å². The van der Waals surface area contributed by atoms with Gasteiger partial charge in [0, 0.05) is 11.1 Å². The first-order valence-electron chi connectivity index (χ1n) is 8.78. The largest absolute Gasteiger partial charge is 1.00 e. The summed E-state index contributed by atoms with van der Waals surface area (Å²) in [4.78, 5) is 23.4. The Morgan fingerprint density at radius 3 is 2.23 bits per heavy atom. The Hall–Kier alpha value is -1.68. The predicted octanol–water partition coefficient (Wildman–Crippen LogP) is 0.998. The molecule has 3 nitrogen and oxygen atoms in total. The van der Waals surface area contributed by atoms with Crippen LogP contribution >= 0.6 is 0 Å². The molecule has 3 rings (SSSR count). The third-order valence-electron chi connectivity index (χ3n) is 4.87. The molecule has 0 amide bonds. The monoisotopic (exact) mass is 356 g/mol. The predicted molar refractivity (Wildman–Crippen MR) is 96.4 cm³/mol. The summed E-state index contributed by atoms with van der Waals surface area (Å²) in [6, 6.07) is 14.3. The van der Waals surface area contributed by atoms with E-state index < -0.39 is 5.97 Å². The van der Waals surface area contributed by atoms with Crippen LogP contribution < -0.4 is 34.7 Å². The van der Waals surface area contributed by atoms with Crippen LogP contribution in [0.3, 0.4) is 0 Å². The molecule has 0 heterocycles. The van der Waals surface area contributed by atoms with E-state index in [0.29, 0.717) is 17.0 Å². The average Bonchev–Trinajstić information content (AvgIpc) is 2.67. The summed E-state index contributed by atoms with van der Waals surface area (Å²) in [6.07, 6.45) is 9.30. The van der Waals surface area contributed by atoms with Crippen LogP contribution in [0.5, 0.6) is 0 Å². The normalized spacial score (nSPS) is 14.8. The van der Waals surface area contributed by atoms with Crippen molar-refractivity contribution < 1.29 is 44.3 Å². The summed E-state index contributed by atoms with van der Waals surface area (Å²) in [6.45, 7) is 0. The molecule has 0 aromatic heterocycles. The van der Waals surface area contributed by atoms with Gasteiger partial charge in [-0.05, 0) is 36.0 Å². The second kappa shape index (κ2) is 9.86. The number of hydrogen-bond acceptors (Lipinski definition) is 3. The third kappa shape index (κ3) is 5.16. The Kier molecular flexibility index (Phi) is 7.83. The second-order valence-corrected chi connectivity index (χ2v) is 6.53. The number of carbonyl (C=O) groups is 2. The zero-order chi connectivity index (χ0) is 17.6. The van der Waals surface area contributed by atoms with Crippen molar-refractivity contribution in [2.24, 2.45) is 0 Å². The average molecular weight is 356 g/mol. The van der Waals surface area contributed by atoms with Crippen molar-refractivity contribution in [1.29, 1.82) is 0 Å². The van der Waals surface area contributed by atoms with E-state index in [-0.39, 0.29) is 40.9 Å². The quantitative estimate of drug-likeness (QED) is 0.456. The van der Waals surface area contributed by atoms with Crippen LogP contribution in [0, 0.1) is 0 Å². The van der Waals surface area contributed by atoms with Gasteiger partial charge in [0.2, 0.25) is 0 Å². The number of aromatic carboxylic acids is 1. The fraction of sp³-hybridized carbons (Fsp3) is 0.273. The third-order valence-corrected chi connectivity index (χ3v) is 4.87. The van der Waals surface area contributed by atoms with E-state index in [1.807, 2.05) is 24.3 Å². The minimum atomic E-state index is -1.25. The maximum Gasteiger partial charge on any atom is 1.00 e. The zero-order valence-corrected chi connectivity index (χ0v) is 17.1. The van der Waals surface area contributed by atoms with E-state index in [1.165, 1.54) is 55.9 Å². The van der Waals surface area contributed by atoms with E-state index in [2.05, 4.69) is 0 Å².